The Morgan fingerprint density at radius 2 is 1.90 bits per heavy atom. The van der Waals surface area contributed by atoms with Crippen LogP contribution in [0.1, 0.15) is 32.3 Å². The van der Waals surface area contributed by atoms with Gasteiger partial charge in [-0.15, -0.1) is 0 Å². The van der Waals surface area contributed by atoms with Crippen molar-refractivity contribution in [2.24, 2.45) is 0 Å². The van der Waals surface area contributed by atoms with E-state index >= 15 is 0 Å². The summed E-state index contributed by atoms with van der Waals surface area (Å²) in [6, 6.07) is 10.2. The molecule has 1 N–H and O–H groups in total. The fraction of sp³-hybridized carbons (Fsp3) is 0.471. The van der Waals surface area contributed by atoms with Gasteiger partial charge in [0.1, 0.15) is 0 Å². The lowest BCUT2D eigenvalue weighted by atomic mass is 10.0. The third-order valence-electron chi connectivity index (χ3n) is 4.15. The number of hydrogen-bond donors (Lipinski definition) is 1. The second-order valence-corrected chi connectivity index (χ2v) is 6.60. The van der Waals surface area contributed by atoms with Gasteiger partial charge in [0.05, 0.1) is 11.9 Å². The average Bonchev–Trinajstić information content (AvgIpc) is 3.02. The van der Waals surface area contributed by atoms with E-state index in [4.69, 9.17) is 0 Å². The highest BCUT2D eigenvalue weighted by atomic mass is 32.2. The molecule has 0 fully saturated rings. The lowest BCUT2D eigenvalue weighted by Gasteiger charge is -2.29. The molecule has 3 nitrogen and oxygen atoms in total. The van der Waals surface area contributed by atoms with E-state index in [1.54, 1.807) is 0 Å². The van der Waals surface area contributed by atoms with Gasteiger partial charge in [0.2, 0.25) is 0 Å². The summed E-state index contributed by atoms with van der Waals surface area (Å²) in [5, 5.41) is 8.02. The number of para-hydroxylation sites is 1. The highest BCUT2D eigenvalue weighted by molar-refractivity contribution is 8.00. The van der Waals surface area contributed by atoms with Crippen molar-refractivity contribution < 1.29 is 0 Å². The highest BCUT2D eigenvalue weighted by Gasteiger charge is 2.23. The zero-order chi connectivity index (χ0) is 15.1. The molecule has 0 spiro atoms. The Morgan fingerprint density at radius 3 is 2.52 bits per heavy atom. The lowest BCUT2D eigenvalue weighted by Crippen LogP contribution is -2.36. The summed E-state index contributed by atoms with van der Waals surface area (Å²) in [5.74, 6) is 0. The Labute approximate surface area is 132 Å². The van der Waals surface area contributed by atoms with Crippen molar-refractivity contribution in [3.8, 4) is 5.69 Å². The monoisotopic (exact) mass is 303 g/mol. The minimum atomic E-state index is 0.357. The smallest absolute Gasteiger partial charge is 0.0645 e. The first-order valence-electron chi connectivity index (χ1n) is 7.58. The van der Waals surface area contributed by atoms with Crippen LogP contribution in [-0.4, -0.2) is 27.3 Å². The van der Waals surface area contributed by atoms with Gasteiger partial charge in [-0.1, -0.05) is 32.0 Å². The Balaban J connectivity index is 1.92. The van der Waals surface area contributed by atoms with Crippen LogP contribution in [0, 0.1) is 0 Å². The molecule has 4 heteroatoms. The predicted octanol–water partition coefficient (Wildman–Crippen LogP) is 3.88. The number of nitrogens with zero attached hydrogens (tertiary/aromatic N) is 2. The number of thioether (sulfide) groups is 1. The Morgan fingerprint density at radius 1 is 1.19 bits per heavy atom. The molecule has 0 saturated heterocycles. The van der Waals surface area contributed by atoms with Gasteiger partial charge < -0.3 is 5.32 Å². The summed E-state index contributed by atoms with van der Waals surface area (Å²) in [5.41, 5.74) is 2.32. The van der Waals surface area contributed by atoms with Crippen molar-refractivity contribution in [2.45, 2.75) is 38.0 Å². The van der Waals surface area contributed by atoms with Crippen molar-refractivity contribution in [3.63, 3.8) is 0 Å². The molecule has 0 aliphatic heterocycles. The fourth-order valence-corrected chi connectivity index (χ4v) is 3.29. The summed E-state index contributed by atoms with van der Waals surface area (Å²) in [6.07, 6.45) is 8.64. The minimum Gasteiger partial charge on any atom is -0.311 e. The molecule has 21 heavy (non-hydrogen) atoms. The van der Waals surface area contributed by atoms with E-state index < -0.39 is 0 Å². The molecule has 114 valence electrons. The van der Waals surface area contributed by atoms with Gasteiger partial charge in [0.15, 0.2) is 0 Å². The van der Waals surface area contributed by atoms with Crippen molar-refractivity contribution in [3.05, 3.63) is 48.3 Å². The second-order valence-electron chi connectivity index (χ2n) is 5.33. The zero-order valence-electron chi connectivity index (χ0n) is 13.2. The molecule has 2 rings (SSSR count). The first-order valence-corrected chi connectivity index (χ1v) is 8.80. The van der Waals surface area contributed by atoms with E-state index in [0.29, 0.717) is 4.75 Å². The van der Waals surface area contributed by atoms with Gasteiger partial charge in [0, 0.05) is 29.6 Å². The SMILES string of the molecule is CCC(CC)(CNCc1cnn(-c2ccccc2)c1)SC. The Bertz CT molecular complexity index is 524. The molecule has 1 aromatic heterocycles. The molecule has 2 aromatic rings. The minimum absolute atomic E-state index is 0.357. The summed E-state index contributed by atoms with van der Waals surface area (Å²) >= 11 is 1.97. The van der Waals surface area contributed by atoms with Crippen LogP contribution in [0.2, 0.25) is 0 Å². The summed E-state index contributed by atoms with van der Waals surface area (Å²) < 4.78 is 2.29. The van der Waals surface area contributed by atoms with Gasteiger partial charge >= 0.3 is 0 Å². The van der Waals surface area contributed by atoms with Crippen LogP contribution in [0.5, 0.6) is 0 Å². The van der Waals surface area contributed by atoms with Crippen molar-refractivity contribution in [1.29, 1.82) is 0 Å². The maximum absolute atomic E-state index is 4.43. The van der Waals surface area contributed by atoms with Crippen LogP contribution < -0.4 is 5.32 Å². The highest BCUT2D eigenvalue weighted by Crippen LogP contribution is 2.29. The van der Waals surface area contributed by atoms with Crippen LogP contribution in [0.15, 0.2) is 42.7 Å². The molecule has 0 bridgehead atoms. The summed E-state index contributed by atoms with van der Waals surface area (Å²) in [7, 11) is 0. The molecule has 0 radical (unpaired) electrons. The van der Waals surface area contributed by atoms with Crippen LogP contribution >= 0.6 is 11.8 Å². The molecule has 0 atom stereocenters. The Kier molecular flexibility index (Phi) is 5.88. The standard InChI is InChI=1S/C17H25N3S/c1-4-17(5-2,21-3)14-18-11-15-12-19-20(13-15)16-9-7-6-8-10-16/h6-10,12-13,18H,4-5,11,14H2,1-3H3. The van der Waals surface area contributed by atoms with Crippen LogP contribution in [-0.2, 0) is 6.54 Å². The number of rotatable bonds is 8. The van der Waals surface area contributed by atoms with Crippen LogP contribution in [0.25, 0.3) is 5.69 Å². The summed E-state index contributed by atoms with van der Waals surface area (Å²) in [4.78, 5) is 0. The van der Waals surface area contributed by atoms with E-state index in [0.717, 1.165) is 18.8 Å². The molecule has 0 aliphatic carbocycles. The molecular weight excluding hydrogens is 278 g/mol. The van der Waals surface area contributed by atoms with Crippen LogP contribution in [0.4, 0.5) is 0 Å². The topological polar surface area (TPSA) is 29.9 Å². The third kappa shape index (κ3) is 4.11. The quantitative estimate of drug-likeness (QED) is 0.802. The number of aromatic nitrogens is 2. The van der Waals surface area contributed by atoms with E-state index in [2.05, 4.69) is 48.8 Å². The molecule has 1 heterocycles. The van der Waals surface area contributed by atoms with Crippen molar-refractivity contribution in [1.82, 2.24) is 15.1 Å². The molecular formula is C17H25N3S. The average molecular weight is 303 g/mol. The number of nitrogens with one attached hydrogen (secondary N) is 1. The molecule has 0 unspecified atom stereocenters. The van der Waals surface area contributed by atoms with E-state index in [1.807, 2.05) is 40.8 Å². The second kappa shape index (κ2) is 7.66. The maximum Gasteiger partial charge on any atom is 0.0645 e. The largest absolute Gasteiger partial charge is 0.311 e. The third-order valence-corrected chi connectivity index (χ3v) is 5.74. The maximum atomic E-state index is 4.43. The first kappa shape index (κ1) is 16.1. The van der Waals surface area contributed by atoms with Gasteiger partial charge in [-0.25, -0.2) is 4.68 Å². The van der Waals surface area contributed by atoms with Gasteiger partial charge in [-0.05, 0) is 31.2 Å². The van der Waals surface area contributed by atoms with E-state index in [-0.39, 0.29) is 0 Å². The Hall–Kier alpha value is -1.26. The summed E-state index contributed by atoms with van der Waals surface area (Å²) in [6.45, 7) is 6.46. The van der Waals surface area contributed by atoms with Gasteiger partial charge in [-0.3, -0.25) is 0 Å². The molecule has 0 saturated carbocycles. The number of hydrogen-bond acceptors (Lipinski definition) is 3. The molecule has 1 aromatic carbocycles. The van der Waals surface area contributed by atoms with Crippen LogP contribution in [0.3, 0.4) is 0 Å². The normalized spacial score (nSPS) is 11.8. The molecule has 0 aliphatic rings. The van der Waals surface area contributed by atoms with Crippen molar-refractivity contribution >= 4 is 11.8 Å². The van der Waals surface area contributed by atoms with E-state index in [9.17, 15) is 0 Å². The lowest BCUT2D eigenvalue weighted by molar-refractivity contribution is 0.495. The molecule has 0 amide bonds. The van der Waals surface area contributed by atoms with Gasteiger partial charge in [-0.2, -0.15) is 16.9 Å². The fourth-order valence-electron chi connectivity index (χ4n) is 2.47. The predicted molar refractivity (Wildman–Crippen MR) is 92.1 cm³/mol. The van der Waals surface area contributed by atoms with Gasteiger partial charge in [0.25, 0.3) is 0 Å². The van der Waals surface area contributed by atoms with Crippen molar-refractivity contribution in [2.75, 3.05) is 12.8 Å². The number of benzene rings is 1. The van der Waals surface area contributed by atoms with E-state index in [1.165, 1.54) is 18.4 Å². The first-order chi connectivity index (χ1) is 10.2. The zero-order valence-corrected chi connectivity index (χ0v) is 14.0.